The summed E-state index contributed by atoms with van der Waals surface area (Å²) in [5.74, 6) is -4.07. The maximum atomic E-state index is 12.6. The van der Waals surface area contributed by atoms with Gasteiger partial charge in [-0.25, -0.2) is 0 Å². The minimum atomic E-state index is -4.81. The fourth-order valence-electron chi connectivity index (χ4n) is 2.60. The number of fused-ring (bicyclic) bond motifs is 2. The molecule has 26 heavy (non-hydrogen) atoms. The first kappa shape index (κ1) is 18.0. The van der Waals surface area contributed by atoms with E-state index in [-0.39, 0.29) is 0 Å². The van der Waals surface area contributed by atoms with E-state index in [9.17, 15) is 36.6 Å². The highest BCUT2D eigenvalue weighted by Crippen LogP contribution is 2.39. The summed E-state index contributed by atoms with van der Waals surface area (Å²) in [5.41, 5.74) is -2.49. The Kier molecular flexibility index (Phi) is 3.70. The van der Waals surface area contributed by atoms with Gasteiger partial charge in [-0.15, -0.1) is 0 Å². The molecule has 0 saturated carbocycles. The lowest BCUT2D eigenvalue weighted by atomic mass is 9.83. The van der Waals surface area contributed by atoms with E-state index < -0.39 is 75.3 Å². The third-order valence-corrected chi connectivity index (χ3v) is 5.38. The Bertz CT molecular complexity index is 1130. The highest BCUT2D eigenvalue weighted by molar-refractivity contribution is 7.86. The van der Waals surface area contributed by atoms with Gasteiger partial charge in [0, 0.05) is 23.3 Å². The van der Waals surface area contributed by atoms with Crippen molar-refractivity contribution in [2.45, 2.75) is 9.79 Å². The molecule has 1 aliphatic carbocycles. The number of ketones is 2. The molecule has 136 valence electrons. The van der Waals surface area contributed by atoms with Crippen molar-refractivity contribution in [2.75, 3.05) is 0 Å². The Balaban J connectivity index is 2.38. The van der Waals surface area contributed by atoms with Gasteiger partial charge in [0.2, 0.25) is 0 Å². The van der Waals surface area contributed by atoms with Crippen LogP contribution in [0.5, 0.6) is 11.5 Å². The van der Waals surface area contributed by atoms with Crippen LogP contribution in [0.1, 0.15) is 31.8 Å². The second-order valence-electron chi connectivity index (χ2n) is 5.34. The van der Waals surface area contributed by atoms with Crippen LogP contribution in [0.15, 0.2) is 34.1 Å². The molecular formula is C14H8O10S2. The number of phenolic OH excluding ortho intramolecular Hbond substituents is 2. The molecule has 0 bridgehead atoms. The minimum absolute atomic E-state index is 0.539. The monoisotopic (exact) mass is 400 g/mol. The Morgan fingerprint density at radius 3 is 1.19 bits per heavy atom. The van der Waals surface area contributed by atoms with Crippen LogP contribution in [0.2, 0.25) is 0 Å². The van der Waals surface area contributed by atoms with Crippen molar-refractivity contribution in [2.24, 2.45) is 0 Å². The summed E-state index contributed by atoms with van der Waals surface area (Å²) >= 11 is 0. The van der Waals surface area contributed by atoms with Crippen LogP contribution in [0, 0.1) is 0 Å². The molecule has 0 radical (unpaired) electrons. The molecule has 0 atom stereocenters. The number of carbonyl (C=O) groups is 2. The van der Waals surface area contributed by atoms with E-state index in [1.165, 1.54) is 0 Å². The first-order chi connectivity index (χ1) is 11.8. The summed E-state index contributed by atoms with van der Waals surface area (Å²) in [5, 5.41) is 19.9. The van der Waals surface area contributed by atoms with Crippen molar-refractivity contribution in [1.29, 1.82) is 0 Å². The third kappa shape index (κ3) is 2.64. The van der Waals surface area contributed by atoms with Crippen LogP contribution in [0.25, 0.3) is 0 Å². The lowest BCUT2D eigenvalue weighted by Gasteiger charge is -2.20. The maximum Gasteiger partial charge on any atom is 0.294 e. The van der Waals surface area contributed by atoms with Crippen LogP contribution in [-0.4, -0.2) is 47.7 Å². The Labute approximate surface area is 145 Å². The maximum absolute atomic E-state index is 12.6. The number of rotatable bonds is 2. The third-order valence-electron chi connectivity index (χ3n) is 3.72. The average molecular weight is 400 g/mol. The number of aromatic hydroxyl groups is 2. The SMILES string of the molecule is O=C1c2cc(S(=O)(=O)O)cc(O)c2C(=O)c2cc(S(=O)(=O)O)cc(O)c21. The van der Waals surface area contributed by atoms with E-state index in [2.05, 4.69) is 0 Å². The molecule has 1 aliphatic rings. The number of carbonyl (C=O) groups excluding carboxylic acids is 2. The summed E-state index contributed by atoms with van der Waals surface area (Å²) in [7, 11) is -9.62. The highest BCUT2D eigenvalue weighted by atomic mass is 32.2. The minimum Gasteiger partial charge on any atom is -0.507 e. The zero-order valence-corrected chi connectivity index (χ0v) is 14.0. The standard InChI is InChI=1S/C14H8O10S2/c15-9-3-5(25(19,20)21)1-7-11(9)14(18)8-2-6(26(22,23)24)4-10(16)12(8)13(7)17/h1-4,15-16H,(H,19,20,21)(H,22,23,24). The van der Waals surface area contributed by atoms with Crippen LogP contribution in [0.3, 0.4) is 0 Å². The molecule has 4 N–H and O–H groups in total. The summed E-state index contributed by atoms with van der Waals surface area (Å²) < 4.78 is 63.1. The Hall–Kier alpha value is -2.80. The van der Waals surface area contributed by atoms with Gasteiger partial charge in [-0.3, -0.25) is 18.7 Å². The second kappa shape index (κ2) is 5.35. The molecule has 0 unspecified atom stereocenters. The fraction of sp³-hybridized carbons (Fsp3) is 0. The van der Waals surface area contributed by atoms with E-state index in [1.54, 1.807) is 0 Å². The van der Waals surface area contributed by atoms with Gasteiger partial charge in [-0.1, -0.05) is 0 Å². The first-order valence-electron chi connectivity index (χ1n) is 6.60. The topological polar surface area (TPSA) is 183 Å². The first-order valence-corrected chi connectivity index (χ1v) is 9.49. The highest BCUT2D eigenvalue weighted by Gasteiger charge is 2.36. The molecule has 0 fully saturated rings. The van der Waals surface area contributed by atoms with Gasteiger partial charge in [0.1, 0.15) is 11.5 Å². The van der Waals surface area contributed by atoms with Gasteiger partial charge in [0.25, 0.3) is 20.2 Å². The molecule has 0 spiro atoms. The van der Waals surface area contributed by atoms with Crippen molar-refractivity contribution >= 4 is 31.8 Å². The largest absolute Gasteiger partial charge is 0.507 e. The van der Waals surface area contributed by atoms with Crippen LogP contribution in [-0.2, 0) is 20.2 Å². The molecule has 2 aromatic carbocycles. The summed E-state index contributed by atoms with van der Waals surface area (Å²) in [6.07, 6.45) is 0. The van der Waals surface area contributed by atoms with Crippen molar-refractivity contribution in [3.63, 3.8) is 0 Å². The van der Waals surface area contributed by atoms with Gasteiger partial charge >= 0.3 is 0 Å². The molecule has 0 saturated heterocycles. The molecular weight excluding hydrogens is 392 g/mol. The number of phenols is 2. The fourth-order valence-corrected chi connectivity index (χ4v) is 3.66. The molecule has 3 rings (SSSR count). The molecule has 2 aromatic rings. The molecule has 0 aliphatic heterocycles. The normalized spacial score (nSPS) is 14.1. The summed E-state index contributed by atoms with van der Waals surface area (Å²) in [6.45, 7) is 0. The average Bonchev–Trinajstić information content (AvgIpc) is 2.49. The van der Waals surface area contributed by atoms with Crippen LogP contribution in [0.4, 0.5) is 0 Å². The van der Waals surface area contributed by atoms with Gasteiger partial charge in [-0.05, 0) is 12.1 Å². The summed E-state index contributed by atoms with van der Waals surface area (Å²) in [4.78, 5) is 23.4. The number of benzene rings is 2. The molecule has 12 heteroatoms. The predicted molar refractivity (Wildman–Crippen MR) is 82.7 cm³/mol. The Morgan fingerprint density at radius 1 is 0.615 bits per heavy atom. The molecule has 10 nitrogen and oxygen atoms in total. The second-order valence-corrected chi connectivity index (χ2v) is 8.18. The lowest BCUT2D eigenvalue weighted by Crippen LogP contribution is -2.22. The van der Waals surface area contributed by atoms with Crippen molar-refractivity contribution in [1.82, 2.24) is 0 Å². The molecule has 0 heterocycles. The molecule has 0 amide bonds. The molecule has 0 aromatic heterocycles. The number of hydrogen-bond donors (Lipinski definition) is 4. The van der Waals surface area contributed by atoms with E-state index in [0.29, 0.717) is 24.3 Å². The van der Waals surface area contributed by atoms with Crippen LogP contribution < -0.4 is 0 Å². The predicted octanol–water partition coefficient (Wildman–Crippen LogP) is 0.367. The quantitative estimate of drug-likeness (QED) is 0.438. The lowest BCUT2D eigenvalue weighted by molar-refractivity contribution is 0.0973. The Morgan fingerprint density at radius 2 is 0.923 bits per heavy atom. The van der Waals surface area contributed by atoms with Crippen LogP contribution >= 0.6 is 0 Å². The smallest absolute Gasteiger partial charge is 0.294 e. The zero-order valence-electron chi connectivity index (χ0n) is 12.4. The van der Waals surface area contributed by atoms with E-state index in [4.69, 9.17) is 9.11 Å². The van der Waals surface area contributed by atoms with E-state index in [1.807, 2.05) is 0 Å². The van der Waals surface area contributed by atoms with Crippen molar-refractivity contribution < 1.29 is 45.7 Å². The van der Waals surface area contributed by atoms with Gasteiger partial charge < -0.3 is 10.2 Å². The van der Waals surface area contributed by atoms with Gasteiger partial charge in [-0.2, -0.15) is 16.8 Å². The zero-order chi connectivity index (χ0) is 19.6. The van der Waals surface area contributed by atoms with E-state index >= 15 is 0 Å². The van der Waals surface area contributed by atoms with Crippen molar-refractivity contribution in [3.8, 4) is 11.5 Å². The van der Waals surface area contributed by atoms with Crippen molar-refractivity contribution in [3.05, 3.63) is 46.5 Å². The number of hydrogen-bond acceptors (Lipinski definition) is 8. The van der Waals surface area contributed by atoms with Gasteiger partial charge in [0.15, 0.2) is 11.6 Å². The summed E-state index contributed by atoms with van der Waals surface area (Å²) in [6, 6.07) is 2.36. The van der Waals surface area contributed by atoms with E-state index in [0.717, 1.165) is 0 Å². The van der Waals surface area contributed by atoms with Gasteiger partial charge in [0.05, 0.1) is 20.9 Å².